The predicted molar refractivity (Wildman–Crippen MR) is 48.4 cm³/mol. The van der Waals surface area contributed by atoms with Crippen molar-refractivity contribution in [2.24, 2.45) is 0 Å². The Hall–Kier alpha value is 0.417. The van der Waals surface area contributed by atoms with Crippen molar-refractivity contribution < 1.29 is 37.6 Å². The van der Waals surface area contributed by atoms with Crippen LogP contribution in [0.15, 0.2) is 0 Å². The van der Waals surface area contributed by atoms with Crippen molar-refractivity contribution in [2.75, 3.05) is 6.61 Å². The first-order chi connectivity index (χ1) is 6.00. The second kappa shape index (κ2) is 8.70. The summed E-state index contributed by atoms with van der Waals surface area (Å²) in [5.41, 5.74) is -0.900. The topological polar surface area (TPSA) is 66.4 Å². The van der Waals surface area contributed by atoms with Gasteiger partial charge in [-0.3, -0.25) is 4.79 Å². The molecule has 0 aliphatic carbocycles. The van der Waals surface area contributed by atoms with Gasteiger partial charge in [-0.2, -0.15) is 0 Å². The van der Waals surface area contributed by atoms with Crippen LogP contribution in [0.25, 0.3) is 0 Å². The Morgan fingerprint density at radius 1 is 1.36 bits per heavy atom. The molecule has 1 unspecified atom stereocenters. The molecular formula is C8H16LiO4P. The molecule has 0 saturated heterocycles. The molecule has 0 aliphatic rings. The van der Waals surface area contributed by atoms with Crippen LogP contribution in [0.1, 0.15) is 39.5 Å². The van der Waals surface area contributed by atoms with Gasteiger partial charge in [-0.25, -0.2) is 0 Å². The van der Waals surface area contributed by atoms with E-state index in [1.54, 1.807) is 0 Å². The second-order valence-corrected chi connectivity index (χ2v) is 4.79. The Bertz CT molecular complexity index is 208. The first kappa shape index (κ1) is 16.8. The summed E-state index contributed by atoms with van der Waals surface area (Å²) in [5.74, 6) is 0. The molecule has 4 nitrogen and oxygen atoms in total. The summed E-state index contributed by atoms with van der Waals surface area (Å²) in [6.45, 7) is 3.19. The third-order valence-electron chi connectivity index (χ3n) is 1.64. The fourth-order valence-electron chi connectivity index (χ4n) is 0.804. The van der Waals surface area contributed by atoms with Crippen LogP contribution in [0, 0.1) is 0 Å². The molecule has 0 aliphatic heterocycles. The van der Waals surface area contributed by atoms with E-state index in [4.69, 9.17) is 0 Å². The monoisotopic (exact) mass is 214 g/mol. The zero-order valence-electron chi connectivity index (χ0n) is 9.12. The summed E-state index contributed by atoms with van der Waals surface area (Å²) in [6, 6.07) is 0. The molecular weight excluding hydrogens is 198 g/mol. The molecule has 0 aromatic heterocycles. The maximum absolute atomic E-state index is 10.8. The van der Waals surface area contributed by atoms with Crippen LogP contribution in [-0.2, 0) is 13.9 Å². The van der Waals surface area contributed by atoms with E-state index in [1.165, 1.54) is 0 Å². The zero-order valence-corrected chi connectivity index (χ0v) is 10.0. The molecule has 0 bridgehead atoms. The maximum atomic E-state index is 10.8. The molecule has 0 N–H and O–H groups in total. The third-order valence-corrected chi connectivity index (χ3v) is 2.94. The van der Waals surface area contributed by atoms with Gasteiger partial charge in [0.05, 0.1) is 6.61 Å². The number of carbonyl (C=O) groups is 1. The molecule has 0 rings (SSSR count). The van der Waals surface area contributed by atoms with Crippen molar-refractivity contribution in [3.63, 3.8) is 0 Å². The van der Waals surface area contributed by atoms with Gasteiger partial charge in [-0.05, 0) is 6.42 Å². The Morgan fingerprint density at radius 3 is 2.36 bits per heavy atom. The SMILES string of the molecule is CCCCCCOP(=O)([O-])C(C)=O.[Li+]. The number of hydrogen-bond donors (Lipinski definition) is 0. The van der Waals surface area contributed by atoms with Crippen molar-refractivity contribution in [3.05, 3.63) is 0 Å². The minimum atomic E-state index is -4.20. The van der Waals surface area contributed by atoms with Gasteiger partial charge in [0.2, 0.25) is 5.52 Å². The van der Waals surface area contributed by atoms with Gasteiger partial charge in [-0.1, -0.05) is 26.2 Å². The zero-order chi connectivity index (χ0) is 10.3. The van der Waals surface area contributed by atoms with E-state index < -0.39 is 13.1 Å². The van der Waals surface area contributed by atoms with Crippen molar-refractivity contribution in [2.45, 2.75) is 39.5 Å². The predicted octanol–water partition coefficient (Wildman–Crippen LogP) is -1.31. The van der Waals surface area contributed by atoms with Crippen LogP contribution in [0.5, 0.6) is 0 Å². The third kappa shape index (κ3) is 7.79. The molecule has 0 aromatic rings. The quantitative estimate of drug-likeness (QED) is 0.300. The van der Waals surface area contributed by atoms with Crippen LogP contribution >= 0.6 is 7.60 Å². The van der Waals surface area contributed by atoms with Gasteiger partial charge in [0.25, 0.3) is 0 Å². The molecule has 0 spiro atoms. The average molecular weight is 214 g/mol. The summed E-state index contributed by atoms with van der Waals surface area (Å²) in [7, 11) is -4.20. The molecule has 0 aromatic carbocycles. The van der Waals surface area contributed by atoms with Gasteiger partial charge in [0.1, 0.15) is 0 Å². The van der Waals surface area contributed by atoms with Crippen molar-refractivity contribution in [1.82, 2.24) is 0 Å². The van der Waals surface area contributed by atoms with Gasteiger partial charge < -0.3 is 14.0 Å². The van der Waals surface area contributed by atoms with Gasteiger partial charge in [0.15, 0.2) is 7.60 Å². The van der Waals surface area contributed by atoms with Gasteiger partial charge >= 0.3 is 18.9 Å². The number of unbranched alkanes of at least 4 members (excludes halogenated alkanes) is 3. The molecule has 1 atom stereocenters. The summed E-state index contributed by atoms with van der Waals surface area (Å²) in [5, 5.41) is 0. The minimum absolute atomic E-state index is 0. The Labute approximate surface area is 97.1 Å². The maximum Gasteiger partial charge on any atom is 1.00 e. The second-order valence-electron chi connectivity index (χ2n) is 2.91. The standard InChI is InChI=1S/C8H17O4P.Li/c1-3-4-5-6-7-12-13(10,11)8(2)9;/h3-7H2,1-2H3,(H,10,11);/q;+1/p-1. The molecule has 0 radical (unpaired) electrons. The fourth-order valence-corrected chi connectivity index (χ4v) is 1.36. The minimum Gasteiger partial charge on any atom is -0.773 e. The van der Waals surface area contributed by atoms with Crippen molar-refractivity contribution in [3.8, 4) is 0 Å². The van der Waals surface area contributed by atoms with Crippen LogP contribution < -0.4 is 23.8 Å². The van der Waals surface area contributed by atoms with Crippen molar-refractivity contribution >= 4 is 13.1 Å². The summed E-state index contributed by atoms with van der Waals surface area (Å²) < 4.78 is 15.3. The Morgan fingerprint density at radius 2 is 1.93 bits per heavy atom. The average Bonchev–Trinajstić information content (AvgIpc) is 2.03. The van der Waals surface area contributed by atoms with Crippen LogP contribution in [0.3, 0.4) is 0 Å². The Balaban J connectivity index is 0. The molecule has 6 heteroatoms. The van der Waals surface area contributed by atoms with Crippen LogP contribution in [-0.4, -0.2) is 12.1 Å². The number of hydrogen-bond acceptors (Lipinski definition) is 4. The van der Waals surface area contributed by atoms with Crippen LogP contribution in [0.4, 0.5) is 0 Å². The number of carbonyl (C=O) groups excluding carboxylic acids is 1. The summed E-state index contributed by atoms with van der Waals surface area (Å²) >= 11 is 0. The van der Waals surface area contributed by atoms with Gasteiger partial charge in [0, 0.05) is 6.92 Å². The Kier molecular flexibility index (Phi) is 10.5. The van der Waals surface area contributed by atoms with E-state index in [0.717, 1.165) is 26.2 Å². The van der Waals surface area contributed by atoms with E-state index >= 15 is 0 Å². The molecule has 0 heterocycles. The van der Waals surface area contributed by atoms with Crippen LogP contribution in [0.2, 0.25) is 0 Å². The smallest absolute Gasteiger partial charge is 0.773 e. The van der Waals surface area contributed by atoms with Crippen molar-refractivity contribution in [1.29, 1.82) is 0 Å². The summed E-state index contributed by atoms with van der Waals surface area (Å²) in [6.07, 6.45) is 3.77. The largest absolute Gasteiger partial charge is 1.00 e. The van der Waals surface area contributed by atoms with E-state index in [9.17, 15) is 14.3 Å². The van der Waals surface area contributed by atoms with E-state index in [-0.39, 0.29) is 25.5 Å². The first-order valence-electron chi connectivity index (χ1n) is 4.47. The molecule has 78 valence electrons. The molecule has 14 heavy (non-hydrogen) atoms. The van der Waals surface area contributed by atoms with Gasteiger partial charge in [-0.15, -0.1) is 0 Å². The normalized spacial score (nSPS) is 14.2. The first-order valence-corrected chi connectivity index (χ1v) is 6.01. The number of rotatable bonds is 7. The van der Waals surface area contributed by atoms with E-state index in [0.29, 0.717) is 6.42 Å². The fraction of sp³-hybridized carbons (Fsp3) is 0.875. The summed E-state index contributed by atoms with van der Waals surface area (Å²) in [4.78, 5) is 21.3. The molecule has 0 amide bonds. The molecule has 0 saturated carbocycles. The van der Waals surface area contributed by atoms with E-state index in [2.05, 4.69) is 11.4 Å². The molecule has 0 fully saturated rings. The van der Waals surface area contributed by atoms with E-state index in [1.807, 2.05) is 0 Å².